The molecule has 1 fully saturated rings. The van der Waals surface area contributed by atoms with Gasteiger partial charge in [-0.05, 0) is 29.3 Å². The van der Waals surface area contributed by atoms with Crippen molar-refractivity contribution in [3.05, 3.63) is 65.2 Å². The lowest BCUT2D eigenvalue weighted by atomic mass is 10.1. The van der Waals surface area contributed by atoms with Crippen LogP contribution in [0.5, 0.6) is 0 Å². The number of amides is 2. The van der Waals surface area contributed by atoms with Crippen molar-refractivity contribution in [2.75, 3.05) is 38.2 Å². The highest BCUT2D eigenvalue weighted by Crippen LogP contribution is 2.31. The lowest BCUT2D eigenvalue weighted by molar-refractivity contribution is -0.137. The Morgan fingerprint density at radius 2 is 1.72 bits per heavy atom. The second-order valence-corrected chi connectivity index (χ2v) is 6.93. The first-order valence-electron chi connectivity index (χ1n) is 9.38. The number of urea groups is 1. The maximum absolute atomic E-state index is 12.9. The number of benzene rings is 2. The van der Waals surface area contributed by atoms with Crippen molar-refractivity contribution < 1.29 is 22.7 Å². The van der Waals surface area contributed by atoms with E-state index in [1.54, 1.807) is 18.1 Å². The molecule has 1 saturated heterocycles. The maximum Gasteiger partial charge on any atom is 0.416 e. The van der Waals surface area contributed by atoms with Crippen molar-refractivity contribution in [3.8, 4) is 0 Å². The first-order chi connectivity index (χ1) is 13.9. The van der Waals surface area contributed by atoms with Gasteiger partial charge in [0.2, 0.25) is 0 Å². The first kappa shape index (κ1) is 21.0. The van der Waals surface area contributed by atoms with E-state index < -0.39 is 11.7 Å². The summed E-state index contributed by atoms with van der Waals surface area (Å²) in [4.78, 5) is 16.0. The molecular formula is C21H24F3N3O2. The smallest absolute Gasteiger partial charge is 0.380 e. The number of anilines is 1. The quantitative estimate of drug-likeness (QED) is 0.818. The number of ether oxygens (including phenoxy) is 1. The summed E-state index contributed by atoms with van der Waals surface area (Å²) in [6.45, 7) is 2.79. The molecule has 29 heavy (non-hydrogen) atoms. The fourth-order valence-electron chi connectivity index (χ4n) is 3.33. The summed E-state index contributed by atoms with van der Waals surface area (Å²) in [5.74, 6) is 0. The van der Waals surface area contributed by atoms with Crippen LogP contribution in [0.25, 0.3) is 0 Å². The Bertz CT molecular complexity index is 834. The summed E-state index contributed by atoms with van der Waals surface area (Å²) >= 11 is 0. The largest absolute Gasteiger partial charge is 0.416 e. The van der Waals surface area contributed by atoms with Crippen LogP contribution in [0.4, 0.5) is 23.7 Å². The maximum atomic E-state index is 12.9. The zero-order chi connectivity index (χ0) is 20.9. The zero-order valence-corrected chi connectivity index (χ0v) is 16.2. The predicted molar refractivity (Wildman–Crippen MR) is 105 cm³/mol. The number of methoxy groups -OCH3 is 1. The molecule has 1 N–H and O–H groups in total. The summed E-state index contributed by atoms with van der Waals surface area (Å²) in [5.41, 5.74) is 1.88. The molecular weight excluding hydrogens is 383 g/mol. The summed E-state index contributed by atoms with van der Waals surface area (Å²) < 4.78 is 43.8. The summed E-state index contributed by atoms with van der Waals surface area (Å²) in [5, 5.41) is 2.90. The van der Waals surface area contributed by atoms with Crippen LogP contribution in [0.2, 0.25) is 0 Å². The van der Waals surface area contributed by atoms with E-state index in [-0.39, 0.29) is 6.03 Å². The van der Waals surface area contributed by atoms with Gasteiger partial charge in [0, 0.05) is 45.5 Å². The van der Waals surface area contributed by atoms with E-state index in [0.29, 0.717) is 45.0 Å². The van der Waals surface area contributed by atoms with Gasteiger partial charge in [0.25, 0.3) is 0 Å². The number of carbonyl (C=O) groups excluding carboxylic acids is 1. The molecule has 0 atom stereocenters. The molecule has 1 aliphatic heterocycles. The van der Waals surface area contributed by atoms with Gasteiger partial charge in [0.1, 0.15) is 0 Å². The fraction of sp³-hybridized carbons (Fsp3) is 0.381. The molecule has 2 aromatic carbocycles. The summed E-state index contributed by atoms with van der Waals surface area (Å²) in [6, 6.07) is 12.9. The third-order valence-electron chi connectivity index (χ3n) is 4.85. The molecule has 0 radical (unpaired) electrons. The van der Waals surface area contributed by atoms with E-state index in [9.17, 15) is 18.0 Å². The number of hydrogen-bond acceptors (Lipinski definition) is 3. The number of halogens is 3. The number of carbonyl (C=O) groups is 1. The Balaban J connectivity index is 1.51. The van der Waals surface area contributed by atoms with Crippen LogP contribution >= 0.6 is 0 Å². The van der Waals surface area contributed by atoms with Gasteiger partial charge >= 0.3 is 12.2 Å². The monoisotopic (exact) mass is 407 g/mol. The predicted octanol–water partition coefficient (Wildman–Crippen LogP) is 3.88. The minimum absolute atomic E-state index is 0.175. The van der Waals surface area contributed by atoms with Gasteiger partial charge in [-0.3, -0.25) is 0 Å². The minimum Gasteiger partial charge on any atom is -0.380 e. The number of hydrogen-bond donors (Lipinski definition) is 1. The normalized spacial score (nSPS) is 14.8. The van der Waals surface area contributed by atoms with Gasteiger partial charge in [-0.2, -0.15) is 13.2 Å². The molecule has 0 spiro atoms. The number of nitrogens with zero attached hydrogens (tertiary/aromatic N) is 2. The average molecular weight is 407 g/mol. The second-order valence-electron chi connectivity index (χ2n) is 6.93. The molecule has 3 rings (SSSR count). The average Bonchev–Trinajstić information content (AvgIpc) is 2.72. The highest BCUT2D eigenvalue weighted by atomic mass is 19.4. The van der Waals surface area contributed by atoms with Crippen LogP contribution in [0.1, 0.15) is 16.7 Å². The van der Waals surface area contributed by atoms with E-state index >= 15 is 0 Å². The first-order valence-corrected chi connectivity index (χ1v) is 9.38. The van der Waals surface area contributed by atoms with Crippen molar-refractivity contribution in [3.63, 3.8) is 0 Å². The number of nitrogens with one attached hydrogen (secondary N) is 1. The van der Waals surface area contributed by atoms with Gasteiger partial charge < -0.3 is 19.9 Å². The number of alkyl halides is 3. The van der Waals surface area contributed by atoms with Gasteiger partial charge in [-0.1, -0.05) is 30.3 Å². The standard InChI is InChI=1S/C21H24F3N3O2/c1-29-15-17-5-2-4-16(12-17)14-25-20(28)27-10-8-26(9-11-27)19-7-3-6-18(13-19)21(22,23)24/h2-7,12-13H,8-11,14-15H2,1H3,(H,25,28). The van der Waals surface area contributed by atoms with Crippen LogP contribution in [-0.4, -0.2) is 44.2 Å². The minimum atomic E-state index is -4.36. The molecule has 2 amide bonds. The molecule has 2 aromatic rings. The van der Waals surface area contributed by atoms with E-state index in [1.165, 1.54) is 6.07 Å². The van der Waals surface area contributed by atoms with Crippen molar-refractivity contribution in [2.45, 2.75) is 19.3 Å². The van der Waals surface area contributed by atoms with E-state index in [4.69, 9.17) is 4.74 Å². The van der Waals surface area contributed by atoms with Gasteiger partial charge in [-0.15, -0.1) is 0 Å². The van der Waals surface area contributed by atoms with Crippen molar-refractivity contribution in [1.29, 1.82) is 0 Å². The molecule has 0 bridgehead atoms. The third-order valence-corrected chi connectivity index (χ3v) is 4.85. The van der Waals surface area contributed by atoms with Crippen molar-refractivity contribution in [2.24, 2.45) is 0 Å². The molecule has 0 saturated carbocycles. The zero-order valence-electron chi connectivity index (χ0n) is 16.2. The van der Waals surface area contributed by atoms with Crippen LogP contribution in [0.3, 0.4) is 0 Å². The van der Waals surface area contributed by atoms with Crippen LogP contribution in [-0.2, 0) is 24.1 Å². The highest BCUT2D eigenvalue weighted by molar-refractivity contribution is 5.74. The van der Waals surface area contributed by atoms with E-state index in [2.05, 4.69) is 5.32 Å². The Morgan fingerprint density at radius 3 is 2.41 bits per heavy atom. The van der Waals surface area contributed by atoms with Gasteiger partial charge in [-0.25, -0.2) is 4.79 Å². The molecule has 1 heterocycles. The SMILES string of the molecule is COCc1cccc(CNC(=O)N2CCN(c3cccc(C(F)(F)F)c3)CC2)c1. The number of rotatable bonds is 5. The van der Waals surface area contributed by atoms with Crippen LogP contribution in [0.15, 0.2) is 48.5 Å². The molecule has 0 unspecified atom stereocenters. The molecule has 1 aliphatic rings. The van der Waals surface area contributed by atoms with Crippen molar-refractivity contribution in [1.82, 2.24) is 10.2 Å². The number of piperazine rings is 1. The van der Waals surface area contributed by atoms with Gasteiger partial charge in [0.15, 0.2) is 0 Å². The van der Waals surface area contributed by atoms with Crippen molar-refractivity contribution >= 4 is 11.7 Å². The molecule has 0 aliphatic carbocycles. The summed E-state index contributed by atoms with van der Waals surface area (Å²) in [6.07, 6.45) is -4.36. The molecule has 8 heteroatoms. The molecule has 156 valence electrons. The summed E-state index contributed by atoms with van der Waals surface area (Å²) in [7, 11) is 1.63. The molecule has 0 aromatic heterocycles. The van der Waals surface area contributed by atoms with Crippen LogP contribution < -0.4 is 10.2 Å². The van der Waals surface area contributed by atoms with Gasteiger partial charge in [0.05, 0.1) is 12.2 Å². The molecule has 5 nitrogen and oxygen atoms in total. The third kappa shape index (κ3) is 5.63. The van der Waals surface area contributed by atoms with Crippen LogP contribution in [0, 0.1) is 0 Å². The Morgan fingerprint density at radius 1 is 1.03 bits per heavy atom. The Kier molecular flexibility index (Phi) is 6.64. The topological polar surface area (TPSA) is 44.8 Å². The lowest BCUT2D eigenvalue weighted by Crippen LogP contribution is -2.51. The lowest BCUT2D eigenvalue weighted by Gasteiger charge is -2.36. The second kappa shape index (κ2) is 9.17. The Hall–Kier alpha value is -2.74. The fourth-order valence-corrected chi connectivity index (χ4v) is 3.33. The van der Waals surface area contributed by atoms with E-state index in [0.717, 1.165) is 23.3 Å². The Labute approximate surface area is 168 Å². The highest BCUT2D eigenvalue weighted by Gasteiger charge is 2.31. The van der Waals surface area contributed by atoms with E-state index in [1.807, 2.05) is 29.2 Å².